The molecule has 1 unspecified atom stereocenters. The van der Waals surface area contributed by atoms with Crippen LogP contribution in [0, 0.1) is 19.8 Å². The molecule has 2 aromatic rings. The molecule has 1 fully saturated rings. The van der Waals surface area contributed by atoms with Gasteiger partial charge in [0.2, 0.25) is 0 Å². The summed E-state index contributed by atoms with van der Waals surface area (Å²) in [5.74, 6) is -0.835. The molecule has 5 heteroatoms. The Labute approximate surface area is 128 Å². The third-order valence-corrected chi connectivity index (χ3v) is 4.24. The van der Waals surface area contributed by atoms with E-state index in [0.717, 1.165) is 29.4 Å². The number of benzene rings is 1. The SMILES string of the molecule is Cc1c(C(=O)NC(CC2CC2)C(=O)O)oc2c(C)cccc12. The van der Waals surface area contributed by atoms with Gasteiger partial charge in [-0.05, 0) is 31.7 Å². The average molecular weight is 301 g/mol. The molecule has 1 aliphatic rings. The van der Waals surface area contributed by atoms with E-state index in [9.17, 15) is 14.7 Å². The lowest BCUT2D eigenvalue weighted by Crippen LogP contribution is -2.41. The van der Waals surface area contributed by atoms with Gasteiger partial charge in [0, 0.05) is 10.9 Å². The number of hydrogen-bond donors (Lipinski definition) is 2. The van der Waals surface area contributed by atoms with Crippen molar-refractivity contribution < 1.29 is 19.1 Å². The molecular weight excluding hydrogens is 282 g/mol. The Morgan fingerprint density at radius 1 is 1.36 bits per heavy atom. The number of fused-ring (bicyclic) bond motifs is 1. The van der Waals surface area contributed by atoms with Crippen LogP contribution in [0.1, 0.15) is 40.9 Å². The first kappa shape index (κ1) is 14.6. The van der Waals surface area contributed by atoms with E-state index in [0.29, 0.717) is 17.9 Å². The average Bonchev–Trinajstić information content (AvgIpc) is 3.22. The topological polar surface area (TPSA) is 79.5 Å². The molecule has 0 radical (unpaired) electrons. The van der Waals surface area contributed by atoms with Crippen LogP contribution in [-0.2, 0) is 4.79 Å². The van der Waals surface area contributed by atoms with Gasteiger partial charge in [-0.3, -0.25) is 4.79 Å². The van der Waals surface area contributed by atoms with Crippen LogP contribution < -0.4 is 5.32 Å². The maximum absolute atomic E-state index is 12.4. The third kappa shape index (κ3) is 2.71. The number of carboxylic acid groups (broad SMARTS) is 1. The van der Waals surface area contributed by atoms with Crippen molar-refractivity contribution in [2.24, 2.45) is 5.92 Å². The molecule has 3 rings (SSSR count). The normalized spacial score (nSPS) is 15.7. The van der Waals surface area contributed by atoms with Crippen molar-refractivity contribution in [1.29, 1.82) is 0 Å². The lowest BCUT2D eigenvalue weighted by atomic mass is 10.1. The highest BCUT2D eigenvalue weighted by atomic mass is 16.4. The molecule has 1 aromatic heterocycles. The first-order valence-corrected chi connectivity index (χ1v) is 7.49. The number of aliphatic carboxylic acids is 1. The Hall–Kier alpha value is -2.30. The fourth-order valence-electron chi connectivity index (χ4n) is 2.73. The van der Waals surface area contributed by atoms with Crippen LogP contribution in [0.2, 0.25) is 0 Å². The summed E-state index contributed by atoms with van der Waals surface area (Å²) in [5, 5.41) is 12.7. The highest BCUT2D eigenvalue weighted by Crippen LogP contribution is 2.34. The summed E-state index contributed by atoms with van der Waals surface area (Å²) in [6, 6.07) is 4.88. The predicted octanol–water partition coefficient (Wildman–Crippen LogP) is 3.03. The Bertz CT molecular complexity index is 742. The second-order valence-corrected chi connectivity index (χ2v) is 6.05. The molecule has 0 saturated heterocycles. The van der Waals surface area contributed by atoms with E-state index < -0.39 is 17.9 Å². The molecule has 0 spiro atoms. The highest BCUT2D eigenvalue weighted by Gasteiger charge is 2.31. The smallest absolute Gasteiger partial charge is 0.326 e. The summed E-state index contributed by atoms with van der Waals surface area (Å²) < 4.78 is 5.69. The number of rotatable bonds is 5. The summed E-state index contributed by atoms with van der Waals surface area (Å²) in [6.07, 6.45) is 2.57. The van der Waals surface area contributed by atoms with E-state index in [1.54, 1.807) is 0 Å². The summed E-state index contributed by atoms with van der Waals surface area (Å²) in [6.45, 7) is 3.73. The van der Waals surface area contributed by atoms with Gasteiger partial charge in [0.05, 0.1) is 0 Å². The largest absolute Gasteiger partial charge is 0.480 e. The minimum Gasteiger partial charge on any atom is -0.480 e. The molecule has 116 valence electrons. The van der Waals surface area contributed by atoms with Gasteiger partial charge in [0.1, 0.15) is 11.6 Å². The monoisotopic (exact) mass is 301 g/mol. The Kier molecular flexibility index (Phi) is 3.64. The van der Waals surface area contributed by atoms with Crippen LogP contribution in [0.25, 0.3) is 11.0 Å². The first-order valence-electron chi connectivity index (χ1n) is 7.49. The lowest BCUT2D eigenvalue weighted by Gasteiger charge is -2.13. The van der Waals surface area contributed by atoms with Crippen molar-refractivity contribution in [1.82, 2.24) is 5.32 Å². The Morgan fingerprint density at radius 3 is 2.68 bits per heavy atom. The molecule has 1 saturated carbocycles. The number of aryl methyl sites for hydroxylation is 2. The van der Waals surface area contributed by atoms with Crippen LogP contribution in [0.3, 0.4) is 0 Å². The number of carboxylic acids is 1. The molecule has 2 N–H and O–H groups in total. The maximum atomic E-state index is 12.4. The maximum Gasteiger partial charge on any atom is 0.326 e. The quantitative estimate of drug-likeness (QED) is 0.889. The van der Waals surface area contributed by atoms with E-state index in [1.165, 1.54) is 0 Å². The van der Waals surface area contributed by atoms with Gasteiger partial charge in [0.15, 0.2) is 5.76 Å². The fraction of sp³-hybridized carbons (Fsp3) is 0.412. The molecule has 22 heavy (non-hydrogen) atoms. The van der Waals surface area contributed by atoms with Crippen molar-refractivity contribution in [2.75, 3.05) is 0 Å². The number of carbonyl (C=O) groups is 2. The first-order chi connectivity index (χ1) is 10.5. The van der Waals surface area contributed by atoms with E-state index in [1.807, 2.05) is 32.0 Å². The van der Waals surface area contributed by atoms with Gasteiger partial charge < -0.3 is 14.8 Å². The summed E-state index contributed by atoms with van der Waals surface area (Å²) in [4.78, 5) is 23.7. The van der Waals surface area contributed by atoms with Gasteiger partial charge in [-0.15, -0.1) is 0 Å². The molecule has 0 aliphatic heterocycles. The summed E-state index contributed by atoms with van der Waals surface area (Å²) in [5.41, 5.74) is 2.37. The molecule has 1 amide bonds. The zero-order valence-electron chi connectivity index (χ0n) is 12.7. The van der Waals surface area contributed by atoms with Gasteiger partial charge in [-0.1, -0.05) is 31.0 Å². The standard InChI is InChI=1S/C17H19NO4/c1-9-4-3-5-12-10(2)15(22-14(9)12)16(19)18-13(17(20)21)8-11-6-7-11/h3-5,11,13H,6-8H2,1-2H3,(H,18,19)(H,20,21). The van der Waals surface area contributed by atoms with Gasteiger partial charge >= 0.3 is 5.97 Å². The van der Waals surface area contributed by atoms with E-state index >= 15 is 0 Å². The van der Waals surface area contributed by atoms with Gasteiger partial charge in [0.25, 0.3) is 5.91 Å². The van der Waals surface area contributed by atoms with Crippen LogP contribution in [0.4, 0.5) is 0 Å². The minimum absolute atomic E-state index is 0.200. The van der Waals surface area contributed by atoms with Crippen molar-refractivity contribution in [2.45, 2.75) is 39.2 Å². The summed E-state index contributed by atoms with van der Waals surface area (Å²) in [7, 11) is 0. The lowest BCUT2D eigenvalue weighted by molar-refractivity contribution is -0.139. The van der Waals surface area contributed by atoms with Crippen LogP contribution in [0.15, 0.2) is 22.6 Å². The highest BCUT2D eigenvalue weighted by molar-refractivity contribution is 6.00. The number of para-hydroxylation sites is 1. The van der Waals surface area contributed by atoms with E-state index in [-0.39, 0.29) is 5.76 Å². The second-order valence-electron chi connectivity index (χ2n) is 6.05. The number of furan rings is 1. The fourth-order valence-corrected chi connectivity index (χ4v) is 2.73. The molecule has 1 atom stereocenters. The van der Waals surface area contributed by atoms with Crippen molar-refractivity contribution in [3.8, 4) is 0 Å². The summed E-state index contributed by atoms with van der Waals surface area (Å²) >= 11 is 0. The number of amides is 1. The van der Waals surface area contributed by atoms with Crippen LogP contribution in [0.5, 0.6) is 0 Å². The Morgan fingerprint density at radius 2 is 2.09 bits per heavy atom. The molecule has 1 aromatic carbocycles. The van der Waals surface area contributed by atoms with Crippen LogP contribution in [-0.4, -0.2) is 23.0 Å². The van der Waals surface area contributed by atoms with Crippen molar-refractivity contribution >= 4 is 22.8 Å². The van der Waals surface area contributed by atoms with E-state index in [2.05, 4.69) is 5.32 Å². The molecular formula is C17H19NO4. The number of hydrogen-bond acceptors (Lipinski definition) is 3. The van der Waals surface area contributed by atoms with Gasteiger partial charge in [-0.25, -0.2) is 4.79 Å². The zero-order chi connectivity index (χ0) is 15.9. The minimum atomic E-state index is -0.995. The predicted molar refractivity (Wildman–Crippen MR) is 81.9 cm³/mol. The van der Waals surface area contributed by atoms with Crippen molar-refractivity contribution in [3.63, 3.8) is 0 Å². The second kappa shape index (κ2) is 5.48. The third-order valence-electron chi connectivity index (χ3n) is 4.24. The van der Waals surface area contributed by atoms with E-state index in [4.69, 9.17) is 4.42 Å². The molecule has 5 nitrogen and oxygen atoms in total. The molecule has 1 heterocycles. The van der Waals surface area contributed by atoms with Gasteiger partial charge in [-0.2, -0.15) is 0 Å². The number of carbonyl (C=O) groups excluding carboxylic acids is 1. The van der Waals surface area contributed by atoms with Crippen molar-refractivity contribution in [3.05, 3.63) is 35.1 Å². The number of nitrogens with one attached hydrogen (secondary N) is 1. The molecule has 0 bridgehead atoms. The zero-order valence-corrected chi connectivity index (χ0v) is 12.7. The Balaban J connectivity index is 1.86. The van der Waals surface area contributed by atoms with Crippen LogP contribution >= 0.6 is 0 Å². The molecule has 1 aliphatic carbocycles.